The molecule has 0 heterocycles. The summed E-state index contributed by atoms with van der Waals surface area (Å²) in [7, 11) is 1.52. The molecule has 1 aromatic carbocycles. The minimum Gasteiger partial charge on any atom is -0.355 e. The number of hydrogen-bond donors (Lipinski definition) is 3. The average molecular weight is 214 g/mol. The molecule has 1 aromatic rings. The van der Waals surface area contributed by atoms with Crippen LogP contribution in [0.15, 0.2) is 24.3 Å². The normalized spacial score (nSPS) is 11.9. The molecule has 1 atom stereocenters. The molecule has 3 N–H and O–H groups in total. The highest BCUT2D eigenvalue weighted by Crippen LogP contribution is 2.10. The zero-order chi connectivity index (χ0) is 10.6. The number of rotatable bonds is 3. The Morgan fingerprint density at radius 2 is 2.21 bits per heavy atom. The number of benzene rings is 1. The van der Waals surface area contributed by atoms with Crippen LogP contribution >= 0.6 is 0 Å². The fourth-order valence-electron chi connectivity index (χ4n) is 0.969. The molecule has 0 saturated heterocycles. The fraction of sp³-hybridized carbons (Fsp3) is 0.125. The summed E-state index contributed by atoms with van der Waals surface area (Å²) in [5.74, 6) is -0.239. The molecule has 1 rings (SSSR count). The summed E-state index contributed by atoms with van der Waals surface area (Å²) in [5, 5.41) is 2.46. The lowest BCUT2D eigenvalue weighted by molar-refractivity contribution is 0.0963. The SMILES string of the molecule is CNC(=O)c1cccc(NS(=O)O)c1. The Labute approximate surface area is 83.9 Å². The molecular weight excluding hydrogens is 204 g/mol. The standard InChI is InChI=1S/C8H10N2O3S/c1-9-8(11)6-3-2-4-7(5-6)10-14(12)13/h2-5,10H,1H3,(H,9,11)(H,12,13). The Bertz CT molecular complexity index is 367. The van der Waals surface area contributed by atoms with Crippen molar-refractivity contribution in [3.63, 3.8) is 0 Å². The summed E-state index contributed by atoms with van der Waals surface area (Å²) in [6.07, 6.45) is 0. The second-order valence-corrected chi connectivity index (χ2v) is 3.21. The molecule has 76 valence electrons. The van der Waals surface area contributed by atoms with Gasteiger partial charge in [0, 0.05) is 18.3 Å². The van der Waals surface area contributed by atoms with Crippen LogP contribution in [0.1, 0.15) is 10.4 Å². The topological polar surface area (TPSA) is 78.4 Å². The Kier molecular flexibility index (Phi) is 3.61. The molecule has 0 aliphatic heterocycles. The van der Waals surface area contributed by atoms with Crippen molar-refractivity contribution in [1.29, 1.82) is 0 Å². The molecule has 0 aliphatic rings. The molecule has 1 amide bonds. The summed E-state index contributed by atoms with van der Waals surface area (Å²) < 4.78 is 21.2. The first-order valence-corrected chi connectivity index (χ1v) is 4.94. The van der Waals surface area contributed by atoms with Gasteiger partial charge < -0.3 is 5.32 Å². The second-order valence-electron chi connectivity index (χ2n) is 2.51. The van der Waals surface area contributed by atoms with Gasteiger partial charge in [-0.05, 0) is 18.2 Å². The van der Waals surface area contributed by atoms with Crippen molar-refractivity contribution in [2.45, 2.75) is 0 Å². The molecule has 0 fully saturated rings. The lowest BCUT2D eigenvalue weighted by atomic mass is 10.2. The number of carbonyl (C=O) groups is 1. The van der Waals surface area contributed by atoms with Crippen LogP contribution in [0.25, 0.3) is 0 Å². The first kappa shape index (κ1) is 10.7. The highest BCUT2D eigenvalue weighted by atomic mass is 32.2. The third kappa shape index (κ3) is 2.82. The van der Waals surface area contributed by atoms with Crippen LogP contribution in [-0.4, -0.2) is 21.7 Å². The summed E-state index contributed by atoms with van der Waals surface area (Å²) >= 11 is -2.12. The molecule has 14 heavy (non-hydrogen) atoms. The van der Waals surface area contributed by atoms with E-state index >= 15 is 0 Å². The monoisotopic (exact) mass is 214 g/mol. The Morgan fingerprint density at radius 3 is 2.79 bits per heavy atom. The summed E-state index contributed by atoms with van der Waals surface area (Å²) in [4.78, 5) is 11.2. The van der Waals surface area contributed by atoms with Gasteiger partial charge in [-0.15, -0.1) is 0 Å². The van der Waals surface area contributed by atoms with E-state index in [1.54, 1.807) is 18.2 Å². The van der Waals surface area contributed by atoms with Crippen LogP contribution in [0.3, 0.4) is 0 Å². The number of nitrogens with one attached hydrogen (secondary N) is 2. The van der Waals surface area contributed by atoms with Crippen molar-refractivity contribution in [3.05, 3.63) is 29.8 Å². The van der Waals surface area contributed by atoms with Crippen LogP contribution < -0.4 is 10.0 Å². The van der Waals surface area contributed by atoms with E-state index in [2.05, 4.69) is 10.0 Å². The third-order valence-corrected chi connectivity index (χ3v) is 1.97. The highest BCUT2D eigenvalue weighted by molar-refractivity contribution is 7.80. The zero-order valence-corrected chi connectivity index (χ0v) is 8.30. The van der Waals surface area contributed by atoms with Crippen molar-refractivity contribution in [3.8, 4) is 0 Å². The van der Waals surface area contributed by atoms with Gasteiger partial charge in [-0.1, -0.05) is 6.07 Å². The second kappa shape index (κ2) is 4.73. The molecule has 0 aromatic heterocycles. The molecule has 0 aliphatic carbocycles. The largest absolute Gasteiger partial charge is 0.355 e. The van der Waals surface area contributed by atoms with Crippen LogP contribution in [0.4, 0.5) is 5.69 Å². The lowest BCUT2D eigenvalue weighted by Gasteiger charge is -2.03. The molecular formula is C8H10N2O3S. The van der Waals surface area contributed by atoms with Crippen molar-refractivity contribution in [2.24, 2.45) is 0 Å². The van der Waals surface area contributed by atoms with E-state index in [-0.39, 0.29) is 5.91 Å². The lowest BCUT2D eigenvalue weighted by Crippen LogP contribution is -2.17. The van der Waals surface area contributed by atoms with Gasteiger partial charge >= 0.3 is 0 Å². The van der Waals surface area contributed by atoms with Crippen molar-refractivity contribution >= 4 is 22.9 Å². The molecule has 0 spiro atoms. The predicted octanol–water partition coefficient (Wildman–Crippen LogP) is 0.595. The van der Waals surface area contributed by atoms with Gasteiger partial charge in [0.1, 0.15) is 0 Å². The fourth-order valence-corrected chi connectivity index (χ4v) is 1.30. The van der Waals surface area contributed by atoms with Gasteiger partial charge in [0.2, 0.25) is 0 Å². The molecule has 6 heteroatoms. The van der Waals surface area contributed by atoms with E-state index in [9.17, 15) is 9.00 Å². The number of amides is 1. The van der Waals surface area contributed by atoms with E-state index in [1.165, 1.54) is 13.1 Å². The summed E-state index contributed by atoms with van der Waals surface area (Å²) in [6.45, 7) is 0. The van der Waals surface area contributed by atoms with Crippen LogP contribution in [0, 0.1) is 0 Å². The minimum atomic E-state index is -2.12. The van der Waals surface area contributed by atoms with Crippen molar-refractivity contribution in [2.75, 3.05) is 11.8 Å². The molecule has 1 unspecified atom stereocenters. The number of anilines is 1. The van der Waals surface area contributed by atoms with Gasteiger partial charge in [-0.25, -0.2) is 4.21 Å². The van der Waals surface area contributed by atoms with Gasteiger partial charge in [0.15, 0.2) is 0 Å². The van der Waals surface area contributed by atoms with Gasteiger partial charge in [0.25, 0.3) is 17.2 Å². The van der Waals surface area contributed by atoms with E-state index in [1.807, 2.05) is 0 Å². The minimum absolute atomic E-state index is 0.239. The summed E-state index contributed by atoms with van der Waals surface area (Å²) in [5.41, 5.74) is 0.856. The molecule has 0 bridgehead atoms. The van der Waals surface area contributed by atoms with Crippen LogP contribution in [-0.2, 0) is 11.3 Å². The Hall–Kier alpha value is -1.40. The summed E-state index contributed by atoms with van der Waals surface area (Å²) in [6, 6.07) is 6.33. The average Bonchev–Trinajstić information content (AvgIpc) is 2.16. The predicted molar refractivity (Wildman–Crippen MR) is 54.2 cm³/mol. The van der Waals surface area contributed by atoms with Gasteiger partial charge in [0.05, 0.1) is 0 Å². The van der Waals surface area contributed by atoms with Crippen LogP contribution in [0.5, 0.6) is 0 Å². The zero-order valence-electron chi connectivity index (χ0n) is 7.48. The third-order valence-electron chi connectivity index (χ3n) is 1.56. The molecule has 0 radical (unpaired) electrons. The maximum atomic E-state index is 11.2. The van der Waals surface area contributed by atoms with Gasteiger partial charge in [-0.2, -0.15) is 0 Å². The highest BCUT2D eigenvalue weighted by Gasteiger charge is 2.03. The van der Waals surface area contributed by atoms with E-state index in [0.717, 1.165) is 0 Å². The smallest absolute Gasteiger partial charge is 0.259 e. The van der Waals surface area contributed by atoms with Crippen molar-refractivity contribution < 1.29 is 13.6 Å². The van der Waals surface area contributed by atoms with Gasteiger partial charge in [-0.3, -0.25) is 14.1 Å². The maximum Gasteiger partial charge on any atom is 0.259 e. The Balaban J connectivity index is 2.89. The first-order valence-electron chi connectivity index (χ1n) is 3.83. The maximum absolute atomic E-state index is 11.2. The van der Waals surface area contributed by atoms with E-state index in [0.29, 0.717) is 11.3 Å². The van der Waals surface area contributed by atoms with Crippen LogP contribution in [0.2, 0.25) is 0 Å². The molecule has 5 nitrogen and oxygen atoms in total. The number of carbonyl (C=O) groups excluding carboxylic acids is 1. The number of hydrogen-bond acceptors (Lipinski definition) is 2. The quantitative estimate of drug-likeness (QED) is 0.644. The molecule has 0 saturated carbocycles. The van der Waals surface area contributed by atoms with E-state index < -0.39 is 11.3 Å². The Morgan fingerprint density at radius 1 is 1.50 bits per heavy atom. The first-order chi connectivity index (χ1) is 6.63. The van der Waals surface area contributed by atoms with E-state index in [4.69, 9.17) is 4.55 Å². The van der Waals surface area contributed by atoms with Crippen molar-refractivity contribution in [1.82, 2.24) is 5.32 Å².